The van der Waals surface area contributed by atoms with Crippen LogP contribution in [0.15, 0.2) is 35.7 Å². The van der Waals surface area contributed by atoms with Gasteiger partial charge in [0.25, 0.3) is 5.91 Å². The van der Waals surface area contributed by atoms with Crippen molar-refractivity contribution in [3.05, 3.63) is 52.0 Å². The van der Waals surface area contributed by atoms with Crippen LogP contribution in [0.3, 0.4) is 0 Å². The van der Waals surface area contributed by atoms with Gasteiger partial charge >= 0.3 is 0 Å². The summed E-state index contributed by atoms with van der Waals surface area (Å²) in [5, 5.41) is 5.85. The average Bonchev–Trinajstić information content (AvgIpc) is 2.93. The van der Waals surface area contributed by atoms with Crippen LogP contribution in [0.2, 0.25) is 0 Å². The molecule has 0 unspecified atom stereocenters. The molecule has 0 atom stereocenters. The third kappa shape index (κ3) is 5.93. The number of nitrogens with zero attached hydrogens (tertiary/aromatic N) is 2. The normalized spacial score (nSPS) is 9.55. The molecule has 0 bridgehead atoms. The second-order valence-corrected chi connectivity index (χ2v) is 5.56. The lowest BCUT2D eigenvalue weighted by Crippen LogP contribution is -2.32. The Morgan fingerprint density at radius 3 is 2.59 bits per heavy atom. The smallest absolute Gasteiger partial charge is 0.273 e. The lowest BCUT2D eigenvalue weighted by molar-refractivity contribution is 0.0791. The van der Waals surface area contributed by atoms with Gasteiger partial charge in [0.15, 0.2) is 0 Å². The molecule has 0 aliphatic carbocycles. The maximum Gasteiger partial charge on any atom is 0.273 e. The molecule has 1 aromatic carbocycles. The van der Waals surface area contributed by atoms with Crippen LogP contribution in [-0.4, -0.2) is 43.0 Å². The molecule has 4 nitrogen and oxygen atoms in total. The zero-order valence-electron chi connectivity index (χ0n) is 12.6. The fourth-order valence-corrected chi connectivity index (χ4v) is 2.64. The van der Waals surface area contributed by atoms with Gasteiger partial charge in [-0.05, 0) is 12.6 Å². The number of halogens is 2. The summed E-state index contributed by atoms with van der Waals surface area (Å²) >= 11 is 1.54. The number of nitrogens with one attached hydrogen (secondary N) is 1. The zero-order valence-corrected chi connectivity index (χ0v) is 15.1. The first-order valence-electron chi connectivity index (χ1n) is 6.59. The number of likely N-dealkylation sites (N-methyl/N-ethyl adjacent to an activating group) is 2. The molecule has 2 aromatic rings. The van der Waals surface area contributed by atoms with Gasteiger partial charge in [-0.2, -0.15) is 0 Å². The maximum atomic E-state index is 12.2. The molecule has 0 radical (unpaired) electrons. The number of amides is 1. The van der Waals surface area contributed by atoms with Gasteiger partial charge in [-0.3, -0.25) is 4.79 Å². The Bertz CT molecular complexity index is 563. The van der Waals surface area contributed by atoms with E-state index < -0.39 is 0 Å². The second-order valence-electron chi connectivity index (χ2n) is 4.62. The van der Waals surface area contributed by atoms with Crippen molar-refractivity contribution in [2.75, 3.05) is 27.2 Å². The first-order chi connectivity index (χ1) is 9.70. The molecule has 0 aliphatic heterocycles. The summed E-state index contributed by atoms with van der Waals surface area (Å²) in [7, 11) is 3.68. The Kier molecular flexibility index (Phi) is 10.0. The first-order valence-corrected chi connectivity index (χ1v) is 7.47. The van der Waals surface area contributed by atoms with Crippen molar-refractivity contribution in [1.29, 1.82) is 0 Å². The van der Waals surface area contributed by atoms with Crippen LogP contribution in [0, 0.1) is 0 Å². The molecule has 2 rings (SSSR count). The highest BCUT2D eigenvalue weighted by molar-refractivity contribution is 7.09. The minimum atomic E-state index is -0.0178. The average molecular weight is 362 g/mol. The summed E-state index contributed by atoms with van der Waals surface area (Å²) < 4.78 is 0. The SMILES string of the molecule is CNCCN(C)C(=O)c1csc(Cc2ccccc2)n1.Cl.Cl. The fraction of sp³-hybridized carbons (Fsp3) is 0.333. The van der Waals surface area contributed by atoms with E-state index in [1.165, 1.54) is 16.9 Å². The Balaban J connectivity index is 0.00000220. The number of benzene rings is 1. The topological polar surface area (TPSA) is 45.2 Å². The summed E-state index contributed by atoms with van der Waals surface area (Å²) in [6.07, 6.45) is 0.777. The molecule has 0 saturated heterocycles. The zero-order chi connectivity index (χ0) is 14.4. The van der Waals surface area contributed by atoms with E-state index in [-0.39, 0.29) is 30.7 Å². The van der Waals surface area contributed by atoms with Crippen molar-refractivity contribution in [1.82, 2.24) is 15.2 Å². The van der Waals surface area contributed by atoms with Crippen molar-refractivity contribution >= 4 is 42.1 Å². The monoisotopic (exact) mass is 361 g/mol. The van der Waals surface area contributed by atoms with Crippen molar-refractivity contribution in [3.8, 4) is 0 Å². The standard InChI is InChI=1S/C15H19N3OS.2ClH/c1-16-8-9-18(2)15(19)13-11-20-14(17-13)10-12-6-4-3-5-7-12;;/h3-7,11,16H,8-10H2,1-2H3;2*1H. The van der Waals surface area contributed by atoms with E-state index >= 15 is 0 Å². The Labute approximate surface area is 147 Å². The number of rotatable bonds is 6. The number of thiazole rings is 1. The molecule has 7 heteroatoms. The van der Waals surface area contributed by atoms with Crippen LogP contribution in [0.5, 0.6) is 0 Å². The minimum Gasteiger partial charge on any atom is -0.339 e. The highest BCUT2D eigenvalue weighted by atomic mass is 35.5. The van der Waals surface area contributed by atoms with Gasteiger partial charge in [0.05, 0.1) is 5.01 Å². The van der Waals surface area contributed by atoms with E-state index in [0.29, 0.717) is 12.2 Å². The quantitative estimate of drug-likeness (QED) is 0.860. The number of hydrogen-bond donors (Lipinski definition) is 1. The molecule has 22 heavy (non-hydrogen) atoms. The predicted molar refractivity (Wildman–Crippen MR) is 96.7 cm³/mol. The summed E-state index contributed by atoms with van der Waals surface area (Å²) in [4.78, 5) is 18.3. The summed E-state index contributed by atoms with van der Waals surface area (Å²) in [5.74, 6) is -0.0178. The molecular formula is C15H21Cl2N3OS. The van der Waals surface area contributed by atoms with Crippen LogP contribution in [0.4, 0.5) is 0 Å². The van der Waals surface area contributed by atoms with Crippen molar-refractivity contribution in [3.63, 3.8) is 0 Å². The molecule has 0 aliphatic rings. The van der Waals surface area contributed by atoms with Gasteiger partial charge < -0.3 is 10.2 Å². The van der Waals surface area contributed by atoms with Crippen molar-refractivity contribution in [2.45, 2.75) is 6.42 Å². The summed E-state index contributed by atoms with van der Waals surface area (Å²) in [6.45, 7) is 1.46. The predicted octanol–water partition coefficient (Wildman–Crippen LogP) is 2.87. The molecule has 1 heterocycles. The molecular weight excluding hydrogens is 341 g/mol. The highest BCUT2D eigenvalue weighted by Crippen LogP contribution is 2.15. The lowest BCUT2D eigenvalue weighted by Gasteiger charge is -2.15. The first kappa shape index (κ1) is 20.9. The van der Waals surface area contributed by atoms with Crippen LogP contribution in [-0.2, 0) is 6.42 Å². The summed E-state index contributed by atoms with van der Waals surface area (Å²) in [6, 6.07) is 10.2. The van der Waals surface area contributed by atoms with Gasteiger partial charge in [-0.15, -0.1) is 36.2 Å². The molecule has 1 N–H and O–H groups in total. The molecule has 122 valence electrons. The van der Waals surface area contributed by atoms with Gasteiger partial charge in [-0.1, -0.05) is 30.3 Å². The number of carbonyl (C=O) groups excluding carboxylic acids is 1. The highest BCUT2D eigenvalue weighted by Gasteiger charge is 2.15. The van der Waals surface area contributed by atoms with Crippen molar-refractivity contribution in [2.24, 2.45) is 0 Å². The molecule has 1 aromatic heterocycles. The van der Waals surface area contributed by atoms with Crippen LogP contribution in [0.25, 0.3) is 0 Å². The Hall–Kier alpha value is -1.14. The van der Waals surface area contributed by atoms with E-state index in [1.807, 2.05) is 30.6 Å². The Morgan fingerprint density at radius 1 is 1.27 bits per heavy atom. The van der Waals surface area contributed by atoms with E-state index in [0.717, 1.165) is 18.0 Å². The fourth-order valence-electron chi connectivity index (χ4n) is 1.84. The number of hydrogen-bond acceptors (Lipinski definition) is 4. The van der Waals surface area contributed by atoms with Gasteiger partial charge in [0.1, 0.15) is 5.69 Å². The largest absolute Gasteiger partial charge is 0.339 e. The van der Waals surface area contributed by atoms with E-state index in [2.05, 4.69) is 22.4 Å². The van der Waals surface area contributed by atoms with Crippen LogP contribution >= 0.6 is 36.2 Å². The lowest BCUT2D eigenvalue weighted by atomic mass is 10.2. The molecule has 1 amide bonds. The van der Waals surface area contributed by atoms with Gasteiger partial charge in [0.2, 0.25) is 0 Å². The molecule has 0 spiro atoms. The summed E-state index contributed by atoms with van der Waals surface area (Å²) in [5.41, 5.74) is 1.75. The molecule has 0 fully saturated rings. The van der Waals surface area contributed by atoms with E-state index in [1.54, 1.807) is 11.9 Å². The van der Waals surface area contributed by atoms with E-state index in [4.69, 9.17) is 0 Å². The van der Waals surface area contributed by atoms with Gasteiger partial charge in [-0.25, -0.2) is 4.98 Å². The van der Waals surface area contributed by atoms with Crippen LogP contribution in [0.1, 0.15) is 21.1 Å². The van der Waals surface area contributed by atoms with E-state index in [9.17, 15) is 4.79 Å². The second kappa shape index (κ2) is 10.6. The minimum absolute atomic E-state index is 0. The molecule has 0 saturated carbocycles. The number of aromatic nitrogens is 1. The number of carbonyl (C=O) groups is 1. The van der Waals surface area contributed by atoms with Crippen LogP contribution < -0.4 is 5.32 Å². The maximum absolute atomic E-state index is 12.2. The third-order valence-electron chi connectivity index (χ3n) is 3.01. The third-order valence-corrected chi connectivity index (χ3v) is 3.86. The van der Waals surface area contributed by atoms with Crippen molar-refractivity contribution < 1.29 is 4.79 Å². The Morgan fingerprint density at radius 2 is 1.95 bits per heavy atom. The van der Waals surface area contributed by atoms with Gasteiger partial charge in [0, 0.05) is 31.9 Å².